The molecule has 3 aromatic rings. The predicted octanol–water partition coefficient (Wildman–Crippen LogP) is 3.09. The number of hydrogen-bond donors (Lipinski definition) is 3. The molecule has 3 N–H and O–H groups in total. The summed E-state index contributed by atoms with van der Waals surface area (Å²) >= 11 is 0. The molecule has 0 saturated carbocycles. The third-order valence-electron chi connectivity index (χ3n) is 5.85. The minimum atomic E-state index is -1.89. The lowest BCUT2D eigenvalue weighted by Crippen LogP contribution is -2.41. The quantitative estimate of drug-likeness (QED) is 0.338. The number of aromatic nitrogens is 2. The van der Waals surface area contributed by atoms with E-state index in [2.05, 4.69) is 20.8 Å². The molecule has 0 bridgehead atoms. The molecule has 2 atom stereocenters. The molecule has 1 unspecified atom stereocenters. The van der Waals surface area contributed by atoms with Crippen molar-refractivity contribution in [3.05, 3.63) is 63.9 Å². The van der Waals surface area contributed by atoms with Crippen molar-refractivity contribution < 1.29 is 23.2 Å². The standard InChI is InChI=1S/C24H27FN4O5Si/c1-5-33-20-9-7-14-21(24(32)27-13-6-8-18(16(25)10-13)35(2,3)4)15(12-26-23(14)28-20)22(31)17-11-19(30)29-34-17/h6-11,15,21H,5,12H2,1-4H3,(H,26,28)(H,27,32)(H,29,30)/t15?,21-/m0/s1. The maximum Gasteiger partial charge on any atom is 0.280 e. The number of ketones is 1. The highest BCUT2D eigenvalue weighted by molar-refractivity contribution is 6.88. The maximum atomic E-state index is 14.8. The van der Waals surface area contributed by atoms with Crippen LogP contribution >= 0.6 is 0 Å². The van der Waals surface area contributed by atoms with Gasteiger partial charge in [0.05, 0.1) is 32.6 Å². The number of anilines is 2. The number of Topliss-reactive ketones (excluding diaryl/α,β-unsaturated/α-hetero) is 1. The van der Waals surface area contributed by atoms with Gasteiger partial charge < -0.3 is 19.9 Å². The second-order valence-electron chi connectivity index (χ2n) is 9.36. The second kappa shape index (κ2) is 9.49. The number of halogens is 1. The van der Waals surface area contributed by atoms with E-state index >= 15 is 0 Å². The number of hydrogen-bond acceptors (Lipinski definition) is 7. The Hall–Kier alpha value is -3.73. The van der Waals surface area contributed by atoms with E-state index in [4.69, 9.17) is 9.26 Å². The Morgan fingerprint density at radius 2 is 2.00 bits per heavy atom. The van der Waals surface area contributed by atoms with Crippen molar-refractivity contribution in [3.63, 3.8) is 0 Å². The van der Waals surface area contributed by atoms with Gasteiger partial charge in [-0.15, -0.1) is 0 Å². The summed E-state index contributed by atoms with van der Waals surface area (Å²) in [7, 11) is -1.89. The number of aromatic amines is 1. The number of amides is 1. The number of nitrogens with one attached hydrogen (secondary N) is 3. The zero-order chi connectivity index (χ0) is 25.3. The molecule has 1 aliphatic rings. The highest BCUT2D eigenvalue weighted by Crippen LogP contribution is 2.38. The average Bonchev–Trinajstić information content (AvgIpc) is 3.23. The van der Waals surface area contributed by atoms with E-state index in [0.29, 0.717) is 29.1 Å². The Morgan fingerprint density at radius 3 is 2.63 bits per heavy atom. The van der Waals surface area contributed by atoms with Crippen LogP contribution in [0.15, 0.2) is 45.7 Å². The maximum absolute atomic E-state index is 14.8. The SMILES string of the molecule is CCOc1ccc2c(n1)NCC(C(=O)c1cc(=O)[nH]o1)[C@H]2C(=O)Nc1ccc([Si](C)(C)C)c(F)c1. The molecule has 1 aromatic carbocycles. The molecule has 0 saturated heterocycles. The van der Waals surface area contributed by atoms with E-state index in [1.165, 1.54) is 6.07 Å². The number of H-pyrrole nitrogens is 1. The Bertz CT molecular complexity index is 1330. The molecule has 3 heterocycles. The molecule has 184 valence electrons. The Morgan fingerprint density at radius 1 is 1.23 bits per heavy atom. The molecule has 1 amide bonds. The molecule has 0 fully saturated rings. The first-order valence-electron chi connectivity index (χ1n) is 11.3. The third kappa shape index (κ3) is 5.04. The van der Waals surface area contributed by atoms with Crippen LogP contribution in [0.2, 0.25) is 19.6 Å². The van der Waals surface area contributed by atoms with Gasteiger partial charge >= 0.3 is 0 Å². The summed E-state index contributed by atoms with van der Waals surface area (Å²) in [6, 6.07) is 9.00. The summed E-state index contributed by atoms with van der Waals surface area (Å²) in [6.07, 6.45) is 0. The van der Waals surface area contributed by atoms with Crippen LogP contribution in [0, 0.1) is 11.7 Å². The number of rotatable bonds is 7. The summed E-state index contributed by atoms with van der Waals surface area (Å²) in [5.41, 5.74) is 0.208. The van der Waals surface area contributed by atoms with Crippen molar-refractivity contribution >= 4 is 36.5 Å². The van der Waals surface area contributed by atoms with Crippen LogP contribution in [0.5, 0.6) is 5.88 Å². The van der Waals surface area contributed by atoms with Crippen molar-refractivity contribution in [2.24, 2.45) is 5.92 Å². The molecule has 0 spiro atoms. The van der Waals surface area contributed by atoms with Crippen LogP contribution in [-0.4, -0.2) is 43.1 Å². The van der Waals surface area contributed by atoms with Crippen LogP contribution in [0.1, 0.15) is 29.0 Å². The van der Waals surface area contributed by atoms with Gasteiger partial charge in [0.2, 0.25) is 23.3 Å². The van der Waals surface area contributed by atoms with Gasteiger partial charge in [-0.25, -0.2) is 4.39 Å². The fourth-order valence-electron chi connectivity index (χ4n) is 4.19. The first kappa shape index (κ1) is 24.4. The van der Waals surface area contributed by atoms with E-state index in [1.807, 2.05) is 26.6 Å². The topological polar surface area (TPSA) is 126 Å². The lowest BCUT2D eigenvalue weighted by molar-refractivity contribution is -0.118. The Balaban J connectivity index is 1.69. The average molecular weight is 499 g/mol. The molecule has 11 heteroatoms. The zero-order valence-electron chi connectivity index (χ0n) is 19.9. The monoisotopic (exact) mass is 498 g/mol. The highest BCUT2D eigenvalue weighted by Gasteiger charge is 2.41. The molecule has 4 rings (SSSR count). The van der Waals surface area contributed by atoms with Crippen LogP contribution in [0.3, 0.4) is 0 Å². The van der Waals surface area contributed by atoms with E-state index in [0.717, 1.165) is 6.07 Å². The Kier molecular flexibility index (Phi) is 6.61. The minimum Gasteiger partial charge on any atom is -0.478 e. The number of ether oxygens (including phenoxy) is 1. The molecule has 0 aliphatic carbocycles. The van der Waals surface area contributed by atoms with Crippen LogP contribution in [0.4, 0.5) is 15.9 Å². The molecule has 2 aromatic heterocycles. The Labute approximate surface area is 202 Å². The van der Waals surface area contributed by atoms with Crippen molar-refractivity contribution in [3.8, 4) is 5.88 Å². The fourth-order valence-corrected chi connectivity index (χ4v) is 5.56. The predicted molar refractivity (Wildman–Crippen MR) is 132 cm³/mol. The van der Waals surface area contributed by atoms with E-state index in [1.54, 1.807) is 24.3 Å². The fraction of sp³-hybridized carbons (Fsp3) is 0.333. The summed E-state index contributed by atoms with van der Waals surface area (Å²) in [5, 5.41) is 8.58. The summed E-state index contributed by atoms with van der Waals surface area (Å²) in [5.74, 6) is -2.65. The summed E-state index contributed by atoms with van der Waals surface area (Å²) in [4.78, 5) is 42.6. The lowest BCUT2D eigenvalue weighted by atomic mass is 9.79. The van der Waals surface area contributed by atoms with Crippen molar-refractivity contribution in [1.82, 2.24) is 10.1 Å². The molecule has 9 nitrogen and oxygen atoms in total. The van der Waals surface area contributed by atoms with Crippen LogP contribution < -0.4 is 26.1 Å². The smallest absolute Gasteiger partial charge is 0.280 e. The van der Waals surface area contributed by atoms with E-state index < -0.39 is 37.2 Å². The van der Waals surface area contributed by atoms with Crippen LogP contribution in [-0.2, 0) is 4.79 Å². The van der Waals surface area contributed by atoms with Crippen molar-refractivity contribution in [2.75, 3.05) is 23.8 Å². The molecule has 35 heavy (non-hydrogen) atoms. The molecule has 0 radical (unpaired) electrons. The summed E-state index contributed by atoms with van der Waals surface area (Å²) < 4.78 is 25.2. The van der Waals surface area contributed by atoms with E-state index in [9.17, 15) is 18.8 Å². The highest BCUT2D eigenvalue weighted by atomic mass is 28.3. The number of carbonyl (C=O) groups excluding carboxylic acids is 2. The van der Waals surface area contributed by atoms with Crippen molar-refractivity contribution in [1.29, 1.82) is 0 Å². The van der Waals surface area contributed by atoms with Gasteiger partial charge in [0, 0.05) is 23.9 Å². The van der Waals surface area contributed by atoms with Crippen molar-refractivity contribution in [2.45, 2.75) is 32.5 Å². The number of benzene rings is 1. The van der Waals surface area contributed by atoms with Gasteiger partial charge in [0.1, 0.15) is 11.6 Å². The number of carbonyl (C=O) groups is 2. The number of nitrogens with zero attached hydrogens (tertiary/aromatic N) is 1. The van der Waals surface area contributed by atoms with Gasteiger partial charge in [-0.2, -0.15) is 10.1 Å². The third-order valence-corrected chi connectivity index (χ3v) is 7.87. The normalized spacial score (nSPS) is 17.3. The lowest BCUT2D eigenvalue weighted by Gasteiger charge is -2.31. The molecule has 1 aliphatic heterocycles. The van der Waals surface area contributed by atoms with Gasteiger partial charge in [-0.1, -0.05) is 25.7 Å². The van der Waals surface area contributed by atoms with E-state index in [-0.39, 0.29) is 23.8 Å². The van der Waals surface area contributed by atoms with Gasteiger partial charge in [-0.3, -0.25) is 14.4 Å². The first-order chi connectivity index (χ1) is 16.6. The largest absolute Gasteiger partial charge is 0.478 e. The van der Waals surface area contributed by atoms with Gasteiger partial charge in [0.15, 0.2) is 0 Å². The second-order valence-corrected chi connectivity index (χ2v) is 14.4. The van der Waals surface area contributed by atoms with Gasteiger partial charge in [-0.05, 0) is 30.3 Å². The minimum absolute atomic E-state index is 0.0737. The number of pyridine rings is 1. The molecular weight excluding hydrogens is 471 g/mol. The zero-order valence-corrected chi connectivity index (χ0v) is 20.9. The molecular formula is C24H27FN4O5Si. The van der Waals surface area contributed by atoms with Crippen LogP contribution in [0.25, 0.3) is 0 Å². The summed E-state index contributed by atoms with van der Waals surface area (Å²) in [6.45, 7) is 8.43. The van der Waals surface area contributed by atoms with Gasteiger partial charge in [0.25, 0.3) is 5.56 Å². The first-order valence-corrected chi connectivity index (χ1v) is 14.8. The number of fused-ring (bicyclic) bond motifs is 1.